The maximum atomic E-state index is 13.3. The third-order valence-corrected chi connectivity index (χ3v) is 5.59. The Morgan fingerprint density at radius 1 is 1.00 bits per heavy atom. The van der Waals surface area contributed by atoms with Gasteiger partial charge in [-0.05, 0) is 67.3 Å². The van der Waals surface area contributed by atoms with Crippen molar-refractivity contribution in [1.29, 1.82) is 0 Å². The molecule has 0 bridgehead atoms. The molecule has 0 aliphatic heterocycles. The summed E-state index contributed by atoms with van der Waals surface area (Å²) in [5, 5.41) is 0. The third kappa shape index (κ3) is 4.94. The average molecular weight is 390 g/mol. The van der Waals surface area contributed by atoms with Crippen molar-refractivity contribution >= 4 is 5.97 Å². The van der Waals surface area contributed by atoms with Crippen LogP contribution in [-0.2, 0) is 0 Å². The predicted octanol–water partition coefficient (Wildman–Crippen LogP) is 6.79. The van der Waals surface area contributed by atoms with E-state index in [0.717, 1.165) is 5.92 Å². The summed E-state index contributed by atoms with van der Waals surface area (Å²) in [6.07, 6.45) is 8.72. The van der Waals surface area contributed by atoms with Crippen molar-refractivity contribution in [2.24, 2.45) is 5.92 Å². The van der Waals surface area contributed by atoms with Crippen molar-refractivity contribution in [1.82, 2.24) is 0 Å². The van der Waals surface area contributed by atoms with Gasteiger partial charge < -0.3 is 4.74 Å². The van der Waals surface area contributed by atoms with Crippen LogP contribution in [0.3, 0.4) is 0 Å². The maximum Gasteiger partial charge on any atom is 0.343 e. The van der Waals surface area contributed by atoms with Crippen molar-refractivity contribution in [3.8, 4) is 5.75 Å². The van der Waals surface area contributed by atoms with Crippen LogP contribution in [0, 0.1) is 23.4 Å². The molecule has 0 radical (unpaired) electrons. The second-order valence-electron chi connectivity index (χ2n) is 7.57. The second kappa shape index (κ2) is 9.26. The van der Waals surface area contributed by atoms with Crippen LogP contribution < -0.4 is 4.74 Å². The zero-order valence-electron chi connectivity index (χ0n) is 16.0. The SMILES string of the molecule is CCCC[C@H]1CC[C@H](c2ccc(OC(=O)c3cc(F)c(F)c(F)c3)cc2)CC1. The Bertz CT molecular complexity index is 786. The number of esters is 1. The Morgan fingerprint density at radius 3 is 2.18 bits per heavy atom. The first-order valence-corrected chi connectivity index (χ1v) is 9.94. The molecule has 0 heterocycles. The van der Waals surface area contributed by atoms with Crippen molar-refractivity contribution < 1.29 is 22.7 Å². The number of hydrogen-bond acceptors (Lipinski definition) is 2. The molecule has 0 saturated heterocycles. The summed E-state index contributed by atoms with van der Waals surface area (Å²) in [7, 11) is 0. The maximum absolute atomic E-state index is 13.3. The molecular formula is C23H25F3O2. The van der Waals surface area contributed by atoms with Crippen LogP contribution in [0.25, 0.3) is 0 Å². The normalized spacial score (nSPS) is 19.4. The quantitative estimate of drug-likeness (QED) is 0.308. The highest BCUT2D eigenvalue weighted by Gasteiger charge is 2.22. The zero-order valence-corrected chi connectivity index (χ0v) is 16.0. The van der Waals surface area contributed by atoms with Crippen molar-refractivity contribution in [3.05, 3.63) is 65.0 Å². The van der Waals surface area contributed by atoms with Crippen LogP contribution in [0.2, 0.25) is 0 Å². The number of carbonyl (C=O) groups excluding carboxylic acids is 1. The molecule has 28 heavy (non-hydrogen) atoms. The Labute approximate surface area is 163 Å². The molecule has 3 rings (SSSR count). The van der Waals surface area contributed by atoms with E-state index in [0.29, 0.717) is 18.1 Å². The second-order valence-corrected chi connectivity index (χ2v) is 7.57. The van der Waals surface area contributed by atoms with E-state index < -0.39 is 23.4 Å². The van der Waals surface area contributed by atoms with Crippen LogP contribution in [0.1, 0.15) is 73.7 Å². The fraction of sp³-hybridized carbons (Fsp3) is 0.435. The van der Waals surface area contributed by atoms with Gasteiger partial charge in [-0.1, -0.05) is 38.3 Å². The first kappa shape index (κ1) is 20.4. The number of halogens is 3. The number of rotatable bonds is 6. The van der Waals surface area contributed by atoms with E-state index in [-0.39, 0.29) is 11.3 Å². The van der Waals surface area contributed by atoms with E-state index in [1.165, 1.54) is 50.5 Å². The van der Waals surface area contributed by atoms with Gasteiger partial charge in [0.25, 0.3) is 0 Å². The first-order chi connectivity index (χ1) is 13.5. The monoisotopic (exact) mass is 390 g/mol. The Hall–Kier alpha value is -2.30. The molecule has 150 valence electrons. The minimum Gasteiger partial charge on any atom is -0.423 e. The molecule has 1 aliphatic rings. The van der Waals surface area contributed by atoms with E-state index in [2.05, 4.69) is 6.92 Å². The highest BCUT2D eigenvalue weighted by Crippen LogP contribution is 2.38. The van der Waals surface area contributed by atoms with Crippen LogP contribution in [0.15, 0.2) is 36.4 Å². The van der Waals surface area contributed by atoms with Gasteiger partial charge in [0.05, 0.1) is 5.56 Å². The molecule has 0 atom stereocenters. The van der Waals surface area contributed by atoms with E-state index >= 15 is 0 Å². The molecule has 1 saturated carbocycles. The highest BCUT2D eigenvalue weighted by atomic mass is 19.2. The number of carbonyl (C=O) groups is 1. The van der Waals surface area contributed by atoms with Crippen molar-refractivity contribution in [2.45, 2.75) is 57.8 Å². The van der Waals surface area contributed by atoms with E-state index in [9.17, 15) is 18.0 Å². The third-order valence-electron chi connectivity index (χ3n) is 5.59. The van der Waals surface area contributed by atoms with Gasteiger partial charge in [-0.3, -0.25) is 0 Å². The molecule has 0 amide bonds. The molecule has 2 aromatic carbocycles. The summed E-state index contributed by atoms with van der Waals surface area (Å²) in [5.41, 5.74) is 0.846. The number of benzene rings is 2. The molecule has 0 unspecified atom stereocenters. The fourth-order valence-corrected chi connectivity index (χ4v) is 3.92. The molecule has 1 fully saturated rings. The minimum absolute atomic E-state index is 0.288. The summed E-state index contributed by atoms with van der Waals surface area (Å²) in [6.45, 7) is 2.23. The van der Waals surface area contributed by atoms with Gasteiger partial charge in [0.15, 0.2) is 17.5 Å². The molecule has 2 aromatic rings. The molecule has 0 N–H and O–H groups in total. The molecule has 2 nitrogen and oxygen atoms in total. The van der Waals surface area contributed by atoms with Gasteiger partial charge in [0.2, 0.25) is 0 Å². The summed E-state index contributed by atoms with van der Waals surface area (Å²) in [6, 6.07) is 8.51. The predicted molar refractivity (Wildman–Crippen MR) is 102 cm³/mol. The average Bonchev–Trinajstić information content (AvgIpc) is 2.71. The van der Waals surface area contributed by atoms with E-state index in [1.807, 2.05) is 12.1 Å². The van der Waals surface area contributed by atoms with Crippen molar-refractivity contribution in [2.75, 3.05) is 0 Å². The summed E-state index contributed by atoms with van der Waals surface area (Å²) in [5.74, 6) is -3.73. The lowest BCUT2D eigenvalue weighted by molar-refractivity contribution is 0.0733. The largest absolute Gasteiger partial charge is 0.423 e. The van der Waals surface area contributed by atoms with Crippen LogP contribution in [0.4, 0.5) is 13.2 Å². The standard InChI is InChI=1S/C23H25F3O2/c1-2-3-4-15-5-7-16(8-6-15)17-9-11-19(12-10-17)28-23(27)18-13-20(24)22(26)21(25)14-18/h9-16H,2-8H2,1H3/t15-,16-. The van der Waals surface area contributed by atoms with Gasteiger partial charge >= 0.3 is 5.97 Å². The number of hydrogen-bond donors (Lipinski definition) is 0. The Kier molecular flexibility index (Phi) is 6.76. The van der Waals surface area contributed by atoms with Crippen LogP contribution >= 0.6 is 0 Å². The minimum atomic E-state index is -1.61. The molecular weight excluding hydrogens is 365 g/mol. The Morgan fingerprint density at radius 2 is 1.61 bits per heavy atom. The first-order valence-electron chi connectivity index (χ1n) is 9.94. The molecule has 1 aliphatic carbocycles. The van der Waals surface area contributed by atoms with E-state index in [1.54, 1.807) is 12.1 Å². The van der Waals surface area contributed by atoms with E-state index in [4.69, 9.17) is 4.74 Å². The molecule has 5 heteroatoms. The molecule has 0 aromatic heterocycles. The lowest BCUT2D eigenvalue weighted by Gasteiger charge is -2.28. The summed E-state index contributed by atoms with van der Waals surface area (Å²) >= 11 is 0. The lowest BCUT2D eigenvalue weighted by atomic mass is 9.77. The zero-order chi connectivity index (χ0) is 20.1. The molecule has 0 spiro atoms. The van der Waals surface area contributed by atoms with Crippen LogP contribution in [0.5, 0.6) is 5.75 Å². The van der Waals surface area contributed by atoms with Gasteiger partial charge in [0.1, 0.15) is 5.75 Å². The van der Waals surface area contributed by atoms with Gasteiger partial charge in [-0.15, -0.1) is 0 Å². The highest BCUT2D eigenvalue weighted by molar-refractivity contribution is 5.91. The van der Waals surface area contributed by atoms with Gasteiger partial charge in [-0.2, -0.15) is 0 Å². The number of unbranched alkanes of at least 4 members (excludes halogenated alkanes) is 1. The smallest absolute Gasteiger partial charge is 0.343 e. The number of ether oxygens (including phenoxy) is 1. The van der Waals surface area contributed by atoms with Crippen LogP contribution in [-0.4, -0.2) is 5.97 Å². The lowest BCUT2D eigenvalue weighted by Crippen LogP contribution is -2.13. The fourth-order valence-electron chi connectivity index (χ4n) is 3.92. The van der Waals surface area contributed by atoms with Gasteiger partial charge in [-0.25, -0.2) is 18.0 Å². The Balaban J connectivity index is 1.58. The topological polar surface area (TPSA) is 26.3 Å². The van der Waals surface area contributed by atoms with Crippen molar-refractivity contribution in [3.63, 3.8) is 0 Å². The summed E-state index contributed by atoms with van der Waals surface area (Å²) in [4.78, 5) is 12.1. The summed E-state index contributed by atoms with van der Waals surface area (Å²) < 4.78 is 44.7. The van der Waals surface area contributed by atoms with Gasteiger partial charge in [0, 0.05) is 0 Å².